The van der Waals surface area contributed by atoms with Crippen LogP contribution >= 0.6 is 0 Å². The maximum atomic E-state index is 11.6. The molecule has 0 aliphatic heterocycles. The van der Waals surface area contributed by atoms with Crippen LogP contribution in [0.3, 0.4) is 0 Å². The number of hydrogen-bond donors (Lipinski definition) is 0. The maximum Gasteiger partial charge on any atom is 0.161 e. The summed E-state index contributed by atoms with van der Waals surface area (Å²) in [5.74, 6) is 0.874. The number of fused-ring (bicyclic) bond motifs is 6. The number of aromatic nitrogens is 4. The first-order valence-electron chi connectivity index (χ1n) is 34.3. The van der Waals surface area contributed by atoms with Gasteiger partial charge in [0, 0.05) is 44.2 Å². The van der Waals surface area contributed by atoms with Crippen LogP contribution in [0.4, 0.5) is 0 Å². The summed E-state index contributed by atoms with van der Waals surface area (Å²) in [5.41, 5.74) is 20.5. The Hall–Kier alpha value is -14.8. The second kappa shape index (κ2) is 25.8. The molecule has 0 amide bonds. The lowest BCUT2D eigenvalue weighted by molar-refractivity contribution is 1.22. The highest BCUT2D eigenvalue weighted by Gasteiger charge is 2.25. The summed E-state index contributed by atoms with van der Waals surface area (Å²) in [6.07, 6.45) is 0. The third-order valence-corrected chi connectivity index (χ3v) is 20.1. The zero-order chi connectivity index (χ0) is 69.8. The lowest BCUT2D eigenvalue weighted by Gasteiger charge is -2.18. The van der Waals surface area contributed by atoms with E-state index < -0.39 is 0 Å². The summed E-state index contributed by atoms with van der Waals surface area (Å²) in [7, 11) is 0. The molecule has 2 aromatic heterocycles. The van der Waals surface area contributed by atoms with Gasteiger partial charge in [-0.1, -0.05) is 261 Å². The molecular weight excluding hydrogens is 1270 g/mol. The minimum absolute atomic E-state index is 0.347. The minimum atomic E-state index is 0.347. The van der Waals surface area contributed by atoms with Crippen LogP contribution in [0, 0.1) is 45.3 Å². The highest BCUT2D eigenvalue weighted by Crippen LogP contribution is 2.47. The number of nitriles is 4. The Morgan fingerprint density at radius 1 is 0.183 bits per heavy atom. The van der Waals surface area contributed by atoms with Crippen LogP contribution in [0.1, 0.15) is 22.3 Å². The van der Waals surface area contributed by atoms with E-state index >= 15 is 0 Å². The van der Waals surface area contributed by atoms with E-state index in [4.69, 9.17) is 19.9 Å². The largest absolute Gasteiger partial charge is 0.227 e. The zero-order valence-electron chi connectivity index (χ0n) is 55.8. The van der Waals surface area contributed by atoms with Crippen LogP contribution in [0.2, 0.25) is 0 Å². The highest BCUT2D eigenvalue weighted by molar-refractivity contribution is 6.14. The molecule has 0 saturated carbocycles. The molecule has 18 rings (SSSR count). The molecule has 478 valence electrons. The molecule has 0 aliphatic carbocycles. The topological polar surface area (TPSA) is 147 Å². The molecule has 2 heterocycles. The smallest absolute Gasteiger partial charge is 0.161 e. The normalized spacial score (nSPS) is 11.2. The molecule has 0 bridgehead atoms. The van der Waals surface area contributed by atoms with E-state index in [9.17, 15) is 21.0 Å². The molecule has 0 spiro atoms. The van der Waals surface area contributed by atoms with Gasteiger partial charge in [0.25, 0.3) is 0 Å². The molecule has 0 unspecified atom stereocenters. The Bertz CT molecular complexity index is 6770. The van der Waals surface area contributed by atoms with E-state index in [1.54, 1.807) is 0 Å². The van der Waals surface area contributed by atoms with Crippen LogP contribution in [-0.4, -0.2) is 19.9 Å². The fourth-order valence-electron chi connectivity index (χ4n) is 15.0. The summed E-state index contributed by atoms with van der Waals surface area (Å²) in [6, 6.07) is 121. The monoisotopic (exact) mass is 1320 g/mol. The van der Waals surface area contributed by atoms with Crippen molar-refractivity contribution in [3.63, 3.8) is 0 Å². The number of rotatable bonds is 11. The first-order valence-corrected chi connectivity index (χ1v) is 34.3. The molecule has 0 radical (unpaired) electrons. The Balaban J connectivity index is 0.841. The van der Waals surface area contributed by atoms with Crippen LogP contribution in [0.5, 0.6) is 0 Å². The highest BCUT2D eigenvalue weighted by atomic mass is 14.9. The molecule has 0 atom stereocenters. The predicted molar refractivity (Wildman–Crippen MR) is 421 cm³/mol. The Morgan fingerprint density at radius 3 is 1.11 bits per heavy atom. The van der Waals surface area contributed by atoms with E-state index in [1.807, 2.05) is 109 Å². The van der Waals surface area contributed by atoms with Gasteiger partial charge in [-0.3, -0.25) is 0 Å². The molecule has 8 nitrogen and oxygen atoms in total. The van der Waals surface area contributed by atoms with E-state index in [0.717, 1.165) is 148 Å². The summed E-state index contributed by atoms with van der Waals surface area (Å²) in [4.78, 5) is 22.2. The summed E-state index contributed by atoms with van der Waals surface area (Å²) in [6.45, 7) is 0. The summed E-state index contributed by atoms with van der Waals surface area (Å²) in [5, 5.41) is 52.8. The zero-order valence-corrected chi connectivity index (χ0v) is 55.8. The van der Waals surface area contributed by atoms with Crippen molar-refractivity contribution in [1.29, 1.82) is 21.0 Å². The van der Waals surface area contributed by atoms with E-state index in [-0.39, 0.29) is 0 Å². The first kappa shape index (κ1) is 61.5. The van der Waals surface area contributed by atoms with Gasteiger partial charge < -0.3 is 0 Å². The van der Waals surface area contributed by atoms with Gasteiger partial charge in [-0.2, -0.15) is 21.0 Å². The van der Waals surface area contributed by atoms with E-state index in [1.165, 1.54) is 0 Å². The summed E-state index contributed by atoms with van der Waals surface area (Å²) < 4.78 is 0. The van der Waals surface area contributed by atoms with Gasteiger partial charge in [-0.15, -0.1) is 0 Å². The fraction of sp³-hybridized carbons (Fsp3) is 0. The Kier molecular flexibility index (Phi) is 15.3. The van der Waals surface area contributed by atoms with Gasteiger partial charge in [0.15, 0.2) is 11.6 Å². The molecule has 8 heteroatoms. The average Bonchev–Trinajstić information content (AvgIpc) is 0.740. The third-order valence-electron chi connectivity index (χ3n) is 20.1. The van der Waals surface area contributed by atoms with Gasteiger partial charge >= 0.3 is 0 Å². The van der Waals surface area contributed by atoms with Crippen molar-refractivity contribution in [3.05, 3.63) is 350 Å². The summed E-state index contributed by atoms with van der Waals surface area (Å²) >= 11 is 0. The molecular formula is C96H54N8. The quantitative estimate of drug-likeness (QED) is 0.124. The lowest BCUT2D eigenvalue weighted by atomic mass is 9.88. The van der Waals surface area contributed by atoms with Crippen LogP contribution in [-0.2, 0) is 0 Å². The Labute approximate surface area is 599 Å². The SMILES string of the molecule is N#Cc1ccccc1-c1ccc(-c2nc(-c3ccc(-c4ccccc4C#N)cc3)c3cc(-c4cc(-c5ccc(-c6nc(-c7ccccc7C#N)c7cc(-c8cccc9ccccc89)cc(-c8cccc9ccccc89)c7n6)c(C#N)c5)cc5ccccc45)cc(-c4cccc5ccccc45)c3n2)cc1. The second-order valence-corrected chi connectivity index (χ2v) is 26.0. The average molecular weight is 1320 g/mol. The molecule has 0 aliphatic rings. The van der Waals surface area contributed by atoms with Crippen LogP contribution in [0.15, 0.2) is 328 Å². The lowest BCUT2D eigenvalue weighted by Crippen LogP contribution is -2.00. The molecule has 0 fully saturated rings. The van der Waals surface area contributed by atoms with Crippen molar-refractivity contribution in [2.75, 3.05) is 0 Å². The van der Waals surface area contributed by atoms with E-state index in [2.05, 4.69) is 243 Å². The van der Waals surface area contributed by atoms with Crippen molar-refractivity contribution in [1.82, 2.24) is 19.9 Å². The van der Waals surface area contributed by atoms with Gasteiger partial charge in [-0.05, 0) is 177 Å². The molecule has 16 aromatic carbocycles. The minimum Gasteiger partial charge on any atom is -0.227 e. The van der Waals surface area contributed by atoms with Gasteiger partial charge in [0.2, 0.25) is 0 Å². The van der Waals surface area contributed by atoms with Crippen molar-refractivity contribution in [2.45, 2.75) is 0 Å². The molecule has 0 N–H and O–H groups in total. The standard InChI is InChI=1S/C96H54N8/c97-55-68-22-5-8-28-75(68)62-38-42-64(43-39-62)91-89-54-73(52-88(85-37-17-27-61-20-3-12-32-79(61)85)93(89)102-95(101-91)65-44-40-63(41-45-65)76-29-9-6-23-69(76)56-98)86-50-71(49-67-21-4-13-33-80(67)86)66-46-47-83(74(48-66)58-100)96-103-92(82-34-14-7-24-70(82)57-99)90-53-72(81-35-15-25-59-18-1-10-30-77(59)81)51-87(94(90)104-96)84-36-16-26-60-19-2-11-31-78(60)84/h1-54H. The number of benzene rings is 16. The molecule has 0 saturated heterocycles. The van der Waals surface area contributed by atoms with Crippen molar-refractivity contribution in [3.8, 4) is 147 Å². The van der Waals surface area contributed by atoms with Crippen LogP contribution in [0.25, 0.3) is 188 Å². The molecule has 104 heavy (non-hydrogen) atoms. The van der Waals surface area contributed by atoms with Gasteiger partial charge in [0.05, 0.1) is 69.0 Å². The number of hydrogen-bond acceptors (Lipinski definition) is 8. The van der Waals surface area contributed by atoms with E-state index in [0.29, 0.717) is 61.9 Å². The van der Waals surface area contributed by atoms with Crippen LogP contribution < -0.4 is 0 Å². The van der Waals surface area contributed by atoms with Gasteiger partial charge in [-0.25, -0.2) is 19.9 Å². The van der Waals surface area contributed by atoms with Crippen molar-refractivity contribution in [2.24, 2.45) is 0 Å². The number of nitrogens with zero attached hydrogens (tertiary/aromatic N) is 8. The van der Waals surface area contributed by atoms with Gasteiger partial charge in [0.1, 0.15) is 0 Å². The first-order chi connectivity index (χ1) is 51.4. The van der Waals surface area contributed by atoms with Crippen molar-refractivity contribution < 1.29 is 0 Å². The predicted octanol–water partition coefficient (Wildman–Crippen LogP) is 24.0. The fourth-order valence-corrected chi connectivity index (χ4v) is 15.0. The third kappa shape index (κ3) is 10.8. The Morgan fingerprint density at radius 2 is 0.558 bits per heavy atom. The maximum absolute atomic E-state index is 11.6. The molecule has 18 aromatic rings. The second-order valence-electron chi connectivity index (χ2n) is 26.0. The van der Waals surface area contributed by atoms with Crippen molar-refractivity contribution >= 4 is 64.9 Å².